The summed E-state index contributed by atoms with van der Waals surface area (Å²) in [6.07, 6.45) is 4.33. The van der Waals surface area contributed by atoms with Crippen molar-refractivity contribution in [2.24, 2.45) is 7.05 Å². The van der Waals surface area contributed by atoms with E-state index in [1.54, 1.807) is 6.20 Å². The van der Waals surface area contributed by atoms with Gasteiger partial charge in [0.2, 0.25) is 0 Å². The van der Waals surface area contributed by atoms with Crippen molar-refractivity contribution in [2.75, 3.05) is 27.2 Å². The number of benzene rings is 2. The maximum Gasteiger partial charge on any atom is 0.251 e. The number of fused-ring (bicyclic) bond motifs is 1. The van der Waals surface area contributed by atoms with Crippen molar-refractivity contribution in [1.82, 2.24) is 25.0 Å². The number of hydrogen-bond donors (Lipinski definition) is 1. The van der Waals surface area contributed by atoms with Crippen LogP contribution in [0.15, 0.2) is 60.9 Å². The van der Waals surface area contributed by atoms with Gasteiger partial charge in [-0.25, -0.2) is 0 Å². The maximum atomic E-state index is 12.6. The third-order valence-electron chi connectivity index (χ3n) is 5.56. The molecule has 0 saturated heterocycles. The third-order valence-corrected chi connectivity index (χ3v) is 5.56. The Hall–Kier alpha value is -3.71. The van der Waals surface area contributed by atoms with E-state index in [0.717, 1.165) is 46.4 Å². The normalized spacial score (nSPS) is 11.2. The fraction of sp³-hybridized carbons (Fsp3) is 0.269. The highest BCUT2D eigenvalue weighted by Gasteiger charge is 2.13. The maximum absolute atomic E-state index is 12.6. The number of rotatable bonds is 8. The summed E-state index contributed by atoms with van der Waals surface area (Å²) in [7, 11) is 5.88. The van der Waals surface area contributed by atoms with Crippen LogP contribution >= 0.6 is 0 Å². The molecule has 0 saturated carbocycles. The van der Waals surface area contributed by atoms with E-state index in [-0.39, 0.29) is 5.91 Å². The summed E-state index contributed by atoms with van der Waals surface area (Å²) in [5, 5.41) is 8.34. The molecular formula is C26H29N5O2. The van der Waals surface area contributed by atoms with Crippen LogP contribution in [0.2, 0.25) is 0 Å². The van der Waals surface area contributed by atoms with E-state index >= 15 is 0 Å². The second kappa shape index (κ2) is 9.83. The summed E-state index contributed by atoms with van der Waals surface area (Å²) in [4.78, 5) is 19.2. The molecule has 0 aliphatic rings. The summed E-state index contributed by atoms with van der Waals surface area (Å²) in [6.45, 7) is 3.47. The molecule has 0 aliphatic heterocycles. The molecule has 4 rings (SSSR count). The molecule has 1 amide bonds. The summed E-state index contributed by atoms with van der Waals surface area (Å²) < 4.78 is 7.93. The molecule has 2 aromatic heterocycles. The molecule has 170 valence electrons. The lowest BCUT2D eigenvalue weighted by Crippen LogP contribution is -2.31. The second-order valence-corrected chi connectivity index (χ2v) is 8.25. The Morgan fingerprint density at radius 1 is 1.09 bits per heavy atom. The highest BCUT2D eigenvalue weighted by atomic mass is 16.5. The molecule has 7 nitrogen and oxygen atoms in total. The number of nitrogens with zero attached hydrogens (tertiary/aromatic N) is 4. The number of nitrogens with one attached hydrogen (secondary N) is 1. The predicted octanol–water partition coefficient (Wildman–Crippen LogP) is 4.28. The Kier molecular flexibility index (Phi) is 6.70. The van der Waals surface area contributed by atoms with Gasteiger partial charge in [-0.1, -0.05) is 13.0 Å². The van der Waals surface area contributed by atoms with Crippen molar-refractivity contribution in [3.63, 3.8) is 0 Å². The highest BCUT2D eigenvalue weighted by Crippen LogP contribution is 2.29. The summed E-state index contributed by atoms with van der Waals surface area (Å²) in [6, 6.07) is 15.5. The average Bonchev–Trinajstić information content (AvgIpc) is 3.18. The molecule has 0 bridgehead atoms. The average molecular weight is 444 g/mol. The van der Waals surface area contributed by atoms with Crippen molar-refractivity contribution < 1.29 is 9.53 Å². The minimum absolute atomic E-state index is 0.0455. The van der Waals surface area contributed by atoms with Gasteiger partial charge in [-0.2, -0.15) is 5.10 Å². The van der Waals surface area contributed by atoms with Gasteiger partial charge in [-0.15, -0.1) is 0 Å². The Labute approximate surface area is 194 Å². The number of ether oxygens (including phenoxy) is 1. The van der Waals surface area contributed by atoms with Gasteiger partial charge < -0.3 is 15.0 Å². The third kappa shape index (κ3) is 5.21. The number of pyridine rings is 1. The molecule has 0 aliphatic carbocycles. The molecule has 2 heterocycles. The summed E-state index contributed by atoms with van der Waals surface area (Å²) >= 11 is 0. The molecule has 0 radical (unpaired) electrons. The van der Waals surface area contributed by atoms with Crippen LogP contribution in [0, 0.1) is 0 Å². The monoisotopic (exact) mass is 443 g/mol. The zero-order valence-electron chi connectivity index (χ0n) is 19.5. The molecule has 2 aromatic carbocycles. The van der Waals surface area contributed by atoms with E-state index in [2.05, 4.69) is 22.3 Å². The predicted molar refractivity (Wildman–Crippen MR) is 131 cm³/mol. The van der Waals surface area contributed by atoms with Crippen LogP contribution < -0.4 is 10.1 Å². The van der Waals surface area contributed by atoms with Crippen LogP contribution in [0.5, 0.6) is 11.5 Å². The van der Waals surface area contributed by atoms with E-state index in [0.29, 0.717) is 17.9 Å². The zero-order chi connectivity index (χ0) is 23.4. The summed E-state index contributed by atoms with van der Waals surface area (Å²) in [5.74, 6) is 1.39. The van der Waals surface area contributed by atoms with Crippen LogP contribution in [0.4, 0.5) is 0 Å². The van der Waals surface area contributed by atoms with Gasteiger partial charge in [0.1, 0.15) is 11.5 Å². The van der Waals surface area contributed by atoms with Gasteiger partial charge in [0, 0.05) is 55.0 Å². The lowest BCUT2D eigenvalue weighted by Gasteiger charge is -2.13. The first-order chi connectivity index (χ1) is 15.9. The van der Waals surface area contributed by atoms with E-state index in [4.69, 9.17) is 4.74 Å². The van der Waals surface area contributed by atoms with Gasteiger partial charge in [-0.3, -0.25) is 14.5 Å². The van der Waals surface area contributed by atoms with Gasteiger partial charge in [0.25, 0.3) is 5.91 Å². The standard InChI is InChI=1S/C26H29N5O2/c1-5-18-14-19(7-9-23(18)26(32)28-12-13-30(2)3)24-15-22(10-11-27-24)33-21-8-6-20-17-29-31(4)25(20)16-21/h6-11,14-17H,5,12-13H2,1-4H3,(H,28,32). The molecule has 0 fully saturated rings. The van der Waals surface area contributed by atoms with Crippen molar-refractivity contribution in [3.8, 4) is 22.8 Å². The van der Waals surface area contributed by atoms with Crippen molar-refractivity contribution >= 4 is 16.8 Å². The van der Waals surface area contributed by atoms with E-state index in [9.17, 15) is 4.79 Å². The Morgan fingerprint density at radius 3 is 2.70 bits per heavy atom. The fourth-order valence-electron chi connectivity index (χ4n) is 3.71. The second-order valence-electron chi connectivity index (χ2n) is 8.25. The molecule has 0 atom stereocenters. The first-order valence-corrected chi connectivity index (χ1v) is 11.1. The van der Waals surface area contributed by atoms with E-state index in [1.807, 2.05) is 85.5 Å². The number of aromatic nitrogens is 3. The van der Waals surface area contributed by atoms with Crippen LogP contribution in [0.25, 0.3) is 22.2 Å². The number of amides is 1. The number of hydrogen-bond acceptors (Lipinski definition) is 5. The van der Waals surface area contributed by atoms with Crippen LogP contribution in [-0.4, -0.2) is 52.8 Å². The lowest BCUT2D eigenvalue weighted by atomic mass is 9.99. The molecule has 0 unspecified atom stereocenters. The molecule has 4 aromatic rings. The van der Waals surface area contributed by atoms with Crippen LogP contribution in [0.3, 0.4) is 0 Å². The first-order valence-electron chi connectivity index (χ1n) is 11.1. The SMILES string of the molecule is CCc1cc(-c2cc(Oc3ccc4cnn(C)c4c3)ccn2)ccc1C(=O)NCCN(C)C. The van der Waals surface area contributed by atoms with Crippen molar-refractivity contribution in [2.45, 2.75) is 13.3 Å². The van der Waals surface area contributed by atoms with Crippen molar-refractivity contribution in [3.05, 3.63) is 72.1 Å². The highest BCUT2D eigenvalue weighted by molar-refractivity contribution is 5.96. The van der Waals surface area contributed by atoms with Crippen molar-refractivity contribution in [1.29, 1.82) is 0 Å². The van der Waals surface area contributed by atoms with E-state index < -0.39 is 0 Å². The van der Waals surface area contributed by atoms with Crippen LogP contribution in [0.1, 0.15) is 22.8 Å². The molecule has 33 heavy (non-hydrogen) atoms. The molecule has 1 N–H and O–H groups in total. The van der Waals surface area contributed by atoms with Gasteiger partial charge in [0.15, 0.2) is 0 Å². The fourth-order valence-corrected chi connectivity index (χ4v) is 3.71. The number of aryl methyl sites for hydroxylation is 2. The Bertz CT molecular complexity index is 1280. The van der Waals surface area contributed by atoms with Gasteiger partial charge in [-0.05, 0) is 56.4 Å². The largest absolute Gasteiger partial charge is 0.457 e. The number of carbonyl (C=O) groups excluding carboxylic acids is 1. The van der Waals surface area contributed by atoms with Gasteiger partial charge in [0.05, 0.1) is 17.4 Å². The minimum atomic E-state index is -0.0455. The lowest BCUT2D eigenvalue weighted by molar-refractivity contribution is 0.0950. The molecule has 7 heteroatoms. The first kappa shape index (κ1) is 22.5. The zero-order valence-corrected chi connectivity index (χ0v) is 19.5. The number of likely N-dealkylation sites (N-methyl/N-ethyl adjacent to an activating group) is 1. The molecular weight excluding hydrogens is 414 g/mol. The van der Waals surface area contributed by atoms with Crippen LogP contribution in [-0.2, 0) is 13.5 Å². The quantitative estimate of drug-likeness (QED) is 0.440. The summed E-state index contributed by atoms with van der Waals surface area (Å²) in [5.41, 5.74) is 4.45. The number of carbonyl (C=O) groups is 1. The smallest absolute Gasteiger partial charge is 0.251 e. The molecule has 0 spiro atoms. The topological polar surface area (TPSA) is 72.3 Å². The Balaban J connectivity index is 1.54. The van der Waals surface area contributed by atoms with Gasteiger partial charge >= 0.3 is 0 Å². The Morgan fingerprint density at radius 2 is 1.91 bits per heavy atom. The minimum Gasteiger partial charge on any atom is -0.457 e. The van der Waals surface area contributed by atoms with E-state index in [1.165, 1.54) is 0 Å².